The fraction of sp³-hybridized carbons (Fsp3) is 0.231. The summed E-state index contributed by atoms with van der Waals surface area (Å²) in [5.74, 6) is -2.77. The van der Waals surface area contributed by atoms with Crippen molar-refractivity contribution in [2.75, 3.05) is 7.11 Å². The second-order valence-electron chi connectivity index (χ2n) is 3.50. The van der Waals surface area contributed by atoms with E-state index in [1.807, 2.05) is 18.2 Å². The number of aliphatic hydroxyl groups excluding tert-OH is 1. The van der Waals surface area contributed by atoms with E-state index in [9.17, 15) is 14.7 Å². The molecule has 0 aliphatic rings. The molecule has 1 aromatic carbocycles. The predicted molar refractivity (Wildman–Crippen MR) is 63.6 cm³/mol. The third-order valence-corrected chi connectivity index (χ3v) is 2.15. The molecule has 0 spiro atoms. The van der Waals surface area contributed by atoms with Crippen LogP contribution >= 0.6 is 0 Å². The minimum atomic E-state index is -0.890. The maximum Gasteiger partial charge on any atom is 0.377 e. The van der Waals surface area contributed by atoms with E-state index in [0.29, 0.717) is 0 Å². The number of esters is 1. The van der Waals surface area contributed by atoms with E-state index in [1.165, 1.54) is 0 Å². The van der Waals surface area contributed by atoms with E-state index >= 15 is 0 Å². The Balaban J connectivity index is 2.84. The molecule has 0 atom stereocenters. The summed E-state index contributed by atoms with van der Waals surface area (Å²) in [5, 5.41) is 9.47. The van der Waals surface area contributed by atoms with Gasteiger partial charge in [0.15, 0.2) is 5.78 Å². The number of hydrogen-bond donors (Lipinski definition) is 1. The van der Waals surface area contributed by atoms with Crippen molar-refractivity contribution in [3.63, 3.8) is 0 Å². The number of carbonyl (C=O) groups is 2. The molecular weight excluding hydrogens is 236 g/mol. The molecule has 1 N–H and O–H groups in total. The third kappa shape index (κ3) is 3.62. The number of allylic oxidation sites excluding steroid dienone is 1. The van der Waals surface area contributed by atoms with E-state index in [-0.39, 0.29) is 6.61 Å². The summed E-state index contributed by atoms with van der Waals surface area (Å²) >= 11 is 0. The summed E-state index contributed by atoms with van der Waals surface area (Å²) in [6.07, 6.45) is 0. The van der Waals surface area contributed by atoms with E-state index in [0.717, 1.165) is 19.6 Å². The summed E-state index contributed by atoms with van der Waals surface area (Å²) in [6, 6.07) is 9.04. The van der Waals surface area contributed by atoms with Gasteiger partial charge in [0.2, 0.25) is 5.76 Å². The maximum atomic E-state index is 11.4. The first-order chi connectivity index (χ1) is 8.56. The van der Waals surface area contributed by atoms with Gasteiger partial charge in [-0.05, 0) is 5.56 Å². The zero-order valence-corrected chi connectivity index (χ0v) is 10.2. The number of hydrogen-bond acceptors (Lipinski definition) is 5. The van der Waals surface area contributed by atoms with Gasteiger partial charge < -0.3 is 14.6 Å². The Hall–Kier alpha value is -2.30. The topological polar surface area (TPSA) is 72.8 Å². The first kappa shape index (κ1) is 13.8. The van der Waals surface area contributed by atoms with Gasteiger partial charge in [0.05, 0.1) is 7.11 Å². The van der Waals surface area contributed by atoms with E-state index < -0.39 is 23.3 Å². The molecule has 0 unspecified atom stereocenters. The van der Waals surface area contributed by atoms with Crippen LogP contribution in [0, 0.1) is 0 Å². The first-order valence-electron chi connectivity index (χ1n) is 5.25. The fourth-order valence-corrected chi connectivity index (χ4v) is 1.21. The van der Waals surface area contributed by atoms with Gasteiger partial charge in [0.1, 0.15) is 6.61 Å². The first-order valence-corrected chi connectivity index (χ1v) is 5.25. The lowest BCUT2D eigenvalue weighted by molar-refractivity contribution is -0.141. The second-order valence-corrected chi connectivity index (χ2v) is 3.50. The zero-order valence-electron chi connectivity index (χ0n) is 10.2. The van der Waals surface area contributed by atoms with Crippen LogP contribution in [0.3, 0.4) is 0 Å². The molecule has 5 heteroatoms. The van der Waals surface area contributed by atoms with Crippen LogP contribution < -0.4 is 0 Å². The van der Waals surface area contributed by atoms with Crippen LogP contribution in [0.2, 0.25) is 0 Å². The molecule has 5 nitrogen and oxygen atoms in total. The molecule has 1 aromatic rings. The molecular formula is C13H14O5. The second kappa shape index (κ2) is 6.44. The average Bonchev–Trinajstić information content (AvgIpc) is 2.39. The smallest absolute Gasteiger partial charge is 0.377 e. The van der Waals surface area contributed by atoms with Crippen LogP contribution in [-0.4, -0.2) is 24.0 Å². The van der Waals surface area contributed by atoms with Crippen LogP contribution in [0.4, 0.5) is 0 Å². The Morgan fingerprint density at radius 2 is 1.83 bits per heavy atom. The molecule has 0 fully saturated rings. The van der Waals surface area contributed by atoms with Crippen LogP contribution in [0.5, 0.6) is 0 Å². The molecule has 0 aliphatic carbocycles. The van der Waals surface area contributed by atoms with Gasteiger partial charge in [-0.15, -0.1) is 0 Å². The van der Waals surface area contributed by atoms with Gasteiger partial charge in [-0.1, -0.05) is 30.3 Å². The van der Waals surface area contributed by atoms with Crippen molar-refractivity contribution in [1.29, 1.82) is 0 Å². The Labute approximate surface area is 105 Å². The summed E-state index contributed by atoms with van der Waals surface area (Å²) in [5.41, 5.74) is 0.801. The highest BCUT2D eigenvalue weighted by Crippen LogP contribution is 2.11. The largest absolute Gasteiger partial charge is 0.502 e. The van der Waals surface area contributed by atoms with Gasteiger partial charge in [-0.3, -0.25) is 4.79 Å². The van der Waals surface area contributed by atoms with Crippen molar-refractivity contribution in [2.24, 2.45) is 0 Å². The number of aliphatic hydroxyl groups is 1. The number of methoxy groups -OCH3 is 1. The van der Waals surface area contributed by atoms with Crippen LogP contribution in [-0.2, 0) is 25.7 Å². The minimum absolute atomic E-state index is 0.0581. The van der Waals surface area contributed by atoms with Crippen molar-refractivity contribution < 1.29 is 24.2 Å². The Bertz CT molecular complexity index is 462. The molecule has 0 heterocycles. The van der Waals surface area contributed by atoms with Crippen molar-refractivity contribution in [3.05, 3.63) is 47.4 Å². The highest BCUT2D eigenvalue weighted by Gasteiger charge is 2.20. The van der Waals surface area contributed by atoms with Crippen molar-refractivity contribution in [1.82, 2.24) is 0 Å². The highest BCUT2D eigenvalue weighted by atomic mass is 16.6. The summed E-state index contributed by atoms with van der Waals surface area (Å²) < 4.78 is 9.58. The van der Waals surface area contributed by atoms with Gasteiger partial charge in [-0.25, -0.2) is 4.79 Å². The number of benzene rings is 1. The number of rotatable bonds is 5. The standard InChI is InChI=1S/C13H14O5/c1-9(14)11(15)12(13(16)17-2)18-8-10-6-4-3-5-7-10/h3-7,15H,8H2,1-2H3/b12-11+. The molecule has 0 saturated carbocycles. The summed E-state index contributed by atoms with van der Waals surface area (Å²) in [6.45, 7) is 1.19. The Morgan fingerprint density at radius 1 is 1.22 bits per heavy atom. The van der Waals surface area contributed by atoms with E-state index in [2.05, 4.69) is 4.74 Å². The van der Waals surface area contributed by atoms with Crippen LogP contribution in [0.25, 0.3) is 0 Å². The lowest BCUT2D eigenvalue weighted by Crippen LogP contribution is -2.14. The average molecular weight is 250 g/mol. The van der Waals surface area contributed by atoms with E-state index in [1.54, 1.807) is 12.1 Å². The molecule has 0 amide bonds. The highest BCUT2D eigenvalue weighted by molar-refractivity contribution is 5.99. The molecule has 0 bridgehead atoms. The molecule has 0 aliphatic heterocycles. The minimum Gasteiger partial charge on any atom is -0.502 e. The zero-order chi connectivity index (χ0) is 13.5. The fourth-order valence-electron chi connectivity index (χ4n) is 1.21. The van der Waals surface area contributed by atoms with Gasteiger partial charge in [-0.2, -0.15) is 0 Å². The quantitative estimate of drug-likeness (QED) is 0.489. The number of carbonyl (C=O) groups excluding carboxylic acids is 2. The molecule has 0 saturated heterocycles. The monoisotopic (exact) mass is 250 g/mol. The predicted octanol–water partition coefficient (Wildman–Crippen LogP) is 1.73. The van der Waals surface area contributed by atoms with Gasteiger partial charge >= 0.3 is 5.97 Å². The third-order valence-electron chi connectivity index (χ3n) is 2.15. The van der Waals surface area contributed by atoms with Gasteiger partial charge in [0, 0.05) is 6.92 Å². The Kier molecular flexibility index (Phi) is 4.92. The van der Waals surface area contributed by atoms with Crippen molar-refractivity contribution in [3.8, 4) is 0 Å². The van der Waals surface area contributed by atoms with Gasteiger partial charge in [0.25, 0.3) is 5.76 Å². The number of ether oxygens (including phenoxy) is 2. The van der Waals surface area contributed by atoms with Crippen molar-refractivity contribution >= 4 is 11.8 Å². The van der Waals surface area contributed by atoms with Crippen molar-refractivity contribution in [2.45, 2.75) is 13.5 Å². The molecule has 0 radical (unpaired) electrons. The maximum absolute atomic E-state index is 11.4. The van der Waals surface area contributed by atoms with E-state index in [4.69, 9.17) is 4.74 Å². The SMILES string of the molecule is COC(=O)/C(OCc1ccccc1)=C(\O)C(C)=O. The molecule has 96 valence electrons. The van der Waals surface area contributed by atoms with Crippen LogP contribution in [0.15, 0.2) is 41.9 Å². The molecule has 18 heavy (non-hydrogen) atoms. The van der Waals surface area contributed by atoms with Crippen LogP contribution in [0.1, 0.15) is 12.5 Å². The lowest BCUT2D eigenvalue weighted by Gasteiger charge is -2.09. The number of ketones is 1. The number of Topliss-reactive ketones (excluding diaryl/α,β-unsaturated/α-hetero) is 1. The molecule has 0 aromatic heterocycles. The summed E-state index contributed by atoms with van der Waals surface area (Å²) in [4.78, 5) is 22.4. The molecule has 1 rings (SSSR count). The Morgan fingerprint density at radius 3 is 2.33 bits per heavy atom. The normalized spacial score (nSPS) is 11.4. The summed E-state index contributed by atoms with van der Waals surface area (Å²) in [7, 11) is 1.14. The lowest BCUT2D eigenvalue weighted by atomic mass is 10.2.